The van der Waals surface area contributed by atoms with Gasteiger partial charge in [0.2, 0.25) is 5.91 Å². The van der Waals surface area contributed by atoms with Gasteiger partial charge >= 0.3 is 0 Å². The van der Waals surface area contributed by atoms with Gasteiger partial charge in [0, 0.05) is 24.7 Å². The minimum absolute atomic E-state index is 0.0173. The molecule has 0 aliphatic rings. The molecule has 5 nitrogen and oxygen atoms in total. The number of hydrogen-bond acceptors (Lipinski definition) is 3. The van der Waals surface area contributed by atoms with Crippen LogP contribution in [-0.4, -0.2) is 22.2 Å². The number of amides is 1. The molecule has 0 bridgehead atoms. The molecule has 0 aliphatic carbocycles. The van der Waals surface area contributed by atoms with E-state index >= 15 is 0 Å². The Morgan fingerprint density at radius 1 is 1.59 bits per heavy atom. The number of rotatable bonds is 6. The first-order valence-corrected chi connectivity index (χ1v) is 6.11. The highest BCUT2D eigenvalue weighted by Gasteiger charge is 2.11. The molecule has 5 heteroatoms. The number of nitrogens with two attached hydrogens (primary N) is 1. The summed E-state index contributed by atoms with van der Waals surface area (Å²) in [5.74, 6) is 0.842. The van der Waals surface area contributed by atoms with E-state index in [-0.39, 0.29) is 11.8 Å². The summed E-state index contributed by atoms with van der Waals surface area (Å²) in [6.45, 7) is 6.67. The van der Waals surface area contributed by atoms with E-state index in [0.717, 1.165) is 6.42 Å². The summed E-state index contributed by atoms with van der Waals surface area (Å²) in [6.07, 6.45) is 3.24. The van der Waals surface area contributed by atoms with Crippen LogP contribution in [0.15, 0.2) is 12.3 Å². The van der Waals surface area contributed by atoms with Gasteiger partial charge in [-0.3, -0.25) is 9.48 Å². The number of aromatic nitrogens is 2. The minimum atomic E-state index is -0.0173. The highest BCUT2D eigenvalue weighted by Crippen LogP contribution is 2.11. The van der Waals surface area contributed by atoms with Gasteiger partial charge in [0.1, 0.15) is 0 Å². The van der Waals surface area contributed by atoms with Crippen molar-refractivity contribution in [1.29, 1.82) is 0 Å². The van der Waals surface area contributed by atoms with Crippen LogP contribution in [0.4, 0.5) is 5.82 Å². The molecule has 96 valence electrons. The summed E-state index contributed by atoms with van der Waals surface area (Å²) in [6, 6.07) is 2.11. The second-order valence-corrected chi connectivity index (χ2v) is 4.54. The van der Waals surface area contributed by atoms with E-state index in [2.05, 4.69) is 10.4 Å². The Kier molecular flexibility index (Phi) is 5.15. The first-order chi connectivity index (χ1) is 8.06. The second kappa shape index (κ2) is 6.39. The Morgan fingerprint density at radius 3 is 2.76 bits per heavy atom. The molecule has 0 aliphatic heterocycles. The topological polar surface area (TPSA) is 72.9 Å². The molecule has 1 atom stereocenters. The van der Waals surface area contributed by atoms with Crippen LogP contribution in [0.25, 0.3) is 0 Å². The summed E-state index contributed by atoms with van der Waals surface area (Å²) >= 11 is 0. The first-order valence-electron chi connectivity index (χ1n) is 6.11. The monoisotopic (exact) mass is 238 g/mol. The molecular weight excluding hydrogens is 216 g/mol. The van der Waals surface area contributed by atoms with E-state index in [1.54, 1.807) is 6.07 Å². The zero-order valence-corrected chi connectivity index (χ0v) is 10.8. The Balaban J connectivity index is 2.50. The van der Waals surface area contributed by atoms with Crippen molar-refractivity contribution in [2.75, 3.05) is 11.9 Å². The Morgan fingerprint density at radius 2 is 2.29 bits per heavy atom. The van der Waals surface area contributed by atoms with Crippen molar-refractivity contribution in [3.63, 3.8) is 0 Å². The van der Waals surface area contributed by atoms with Gasteiger partial charge in [-0.05, 0) is 26.3 Å². The molecule has 1 aromatic rings. The summed E-state index contributed by atoms with van der Waals surface area (Å²) < 4.78 is 1.82. The van der Waals surface area contributed by atoms with E-state index in [1.807, 2.05) is 31.6 Å². The third-order valence-electron chi connectivity index (χ3n) is 2.79. The predicted octanol–water partition coefficient (Wildman–Crippen LogP) is 1.78. The lowest BCUT2D eigenvalue weighted by Crippen LogP contribution is -2.22. The lowest BCUT2D eigenvalue weighted by molar-refractivity contribution is -0.117. The highest BCUT2D eigenvalue weighted by atomic mass is 16.1. The van der Waals surface area contributed by atoms with Gasteiger partial charge in [0.15, 0.2) is 5.82 Å². The average molecular weight is 238 g/mol. The SMILES string of the molecule is CCC(CN)CC(=O)Nc1ccn(C(C)C)n1. The van der Waals surface area contributed by atoms with Crippen molar-refractivity contribution < 1.29 is 4.79 Å². The Hall–Kier alpha value is -1.36. The van der Waals surface area contributed by atoms with Crippen molar-refractivity contribution >= 4 is 11.7 Å². The van der Waals surface area contributed by atoms with Gasteiger partial charge in [-0.25, -0.2) is 0 Å². The molecule has 0 saturated heterocycles. The van der Waals surface area contributed by atoms with Gasteiger partial charge in [0.25, 0.3) is 0 Å². The van der Waals surface area contributed by atoms with Crippen LogP contribution in [0.5, 0.6) is 0 Å². The number of anilines is 1. The molecule has 0 radical (unpaired) electrons. The molecule has 1 rings (SSSR count). The van der Waals surface area contributed by atoms with E-state index in [4.69, 9.17) is 5.73 Å². The lowest BCUT2D eigenvalue weighted by Gasteiger charge is -2.10. The highest BCUT2D eigenvalue weighted by molar-refractivity contribution is 5.89. The van der Waals surface area contributed by atoms with Crippen LogP contribution in [0.2, 0.25) is 0 Å². The van der Waals surface area contributed by atoms with Crippen molar-refractivity contribution in [3.8, 4) is 0 Å². The molecule has 0 saturated carbocycles. The maximum Gasteiger partial charge on any atom is 0.225 e. The lowest BCUT2D eigenvalue weighted by atomic mass is 10.0. The summed E-state index contributed by atoms with van der Waals surface area (Å²) in [7, 11) is 0. The van der Waals surface area contributed by atoms with Gasteiger partial charge < -0.3 is 11.1 Å². The summed E-state index contributed by atoms with van der Waals surface area (Å²) in [5, 5.41) is 7.05. The van der Waals surface area contributed by atoms with Crippen LogP contribution >= 0.6 is 0 Å². The molecule has 1 aromatic heterocycles. The standard InChI is InChI=1S/C12H22N4O/c1-4-10(8-13)7-12(17)14-11-5-6-16(15-11)9(2)3/h5-6,9-10H,4,7-8,13H2,1-3H3,(H,14,15,17). The molecule has 0 aromatic carbocycles. The molecule has 0 spiro atoms. The number of carbonyl (C=O) groups excluding carboxylic acids is 1. The van der Waals surface area contributed by atoms with Crippen molar-refractivity contribution in [2.45, 2.75) is 39.7 Å². The van der Waals surface area contributed by atoms with Crippen molar-refractivity contribution in [2.24, 2.45) is 11.7 Å². The van der Waals surface area contributed by atoms with Gasteiger partial charge in [-0.1, -0.05) is 13.3 Å². The summed E-state index contributed by atoms with van der Waals surface area (Å²) in [4.78, 5) is 11.7. The second-order valence-electron chi connectivity index (χ2n) is 4.54. The number of hydrogen-bond donors (Lipinski definition) is 2. The fraction of sp³-hybridized carbons (Fsp3) is 0.667. The fourth-order valence-corrected chi connectivity index (χ4v) is 1.54. The van der Waals surface area contributed by atoms with Gasteiger partial charge in [-0.2, -0.15) is 5.10 Å². The van der Waals surface area contributed by atoms with Gasteiger partial charge in [-0.15, -0.1) is 0 Å². The Labute approximate surface area is 102 Å². The van der Waals surface area contributed by atoms with E-state index in [9.17, 15) is 4.79 Å². The van der Waals surface area contributed by atoms with E-state index in [0.29, 0.717) is 24.8 Å². The average Bonchev–Trinajstić information content (AvgIpc) is 2.74. The van der Waals surface area contributed by atoms with Crippen molar-refractivity contribution in [1.82, 2.24) is 9.78 Å². The number of nitrogens with one attached hydrogen (secondary N) is 1. The van der Waals surface area contributed by atoms with E-state index in [1.165, 1.54) is 0 Å². The third-order valence-corrected chi connectivity index (χ3v) is 2.79. The van der Waals surface area contributed by atoms with Crippen LogP contribution in [0.1, 0.15) is 39.7 Å². The smallest absolute Gasteiger partial charge is 0.225 e. The summed E-state index contributed by atoms with van der Waals surface area (Å²) in [5.41, 5.74) is 5.57. The number of carbonyl (C=O) groups is 1. The molecule has 0 fully saturated rings. The van der Waals surface area contributed by atoms with Crippen LogP contribution in [0, 0.1) is 5.92 Å². The quantitative estimate of drug-likeness (QED) is 0.793. The molecule has 1 heterocycles. The largest absolute Gasteiger partial charge is 0.330 e. The third kappa shape index (κ3) is 4.19. The zero-order chi connectivity index (χ0) is 12.8. The Bertz CT molecular complexity index is 355. The maximum absolute atomic E-state index is 11.7. The molecular formula is C12H22N4O. The minimum Gasteiger partial charge on any atom is -0.330 e. The normalized spacial score (nSPS) is 12.8. The number of nitrogens with zero attached hydrogens (tertiary/aromatic N) is 2. The van der Waals surface area contributed by atoms with Crippen LogP contribution in [0.3, 0.4) is 0 Å². The fourth-order valence-electron chi connectivity index (χ4n) is 1.54. The van der Waals surface area contributed by atoms with Crippen LogP contribution in [-0.2, 0) is 4.79 Å². The molecule has 3 N–H and O–H groups in total. The molecule has 1 unspecified atom stereocenters. The molecule has 17 heavy (non-hydrogen) atoms. The zero-order valence-electron chi connectivity index (χ0n) is 10.8. The van der Waals surface area contributed by atoms with Crippen molar-refractivity contribution in [3.05, 3.63) is 12.3 Å². The first kappa shape index (κ1) is 13.7. The molecule has 1 amide bonds. The van der Waals surface area contributed by atoms with E-state index < -0.39 is 0 Å². The van der Waals surface area contributed by atoms with Crippen LogP contribution < -0.4 is 11.1 Å². The predicted molar refractivity (Wildman–Crippen MR) is 68.7 cm³/mol. The van der Waals surface area contributed by atoms with Gasteiger partial charge in [0.05, 0.1) is 0 Å². The maximum atomic E-state index is 11.7.